The normalized spacial score (nSPS) is 21.2. The lowest BCUT2D eigenvalue weighted by Gasteiger charge is -2.49. The molecular formula is C37H54FNO2. The molecule has 0 aromatic heterocycles. The fraction of sp³-hybridized carbons (Fsp3) is 0.649. The molecule has 0 N–H and O–H groups in total. The average molecular weight is 564 g/mol. The molecule has 2 aromatic rings. The molecule has 1 aliphatic heterocycles. The maximum absolute atomic E-state index is 16.1. The number of hydrogen-bond acceptors (Lipinski definition) is 2. The number of likely N-dealkylation sites (tertiary alicyclic amines) is 1. The van der Waals surface area contributed by atoms with Gasteiger partial charge in [-0.15, -0.1) is 0 Å². The van der Waals surface area contributed by atoms with Gasteiger partial charge in [0.1, 0.15) is 11.6 Å². The highest BCUT2D eigenvalue weighted by Gasteiger charge is 2.48. The SMILES string of the molecule is CCc1c(OC(C)C)ccc(F)c1C(CC)(CC)[C@@H](CC)C(=O)N1CC[C@@H](c2ccccc2)C[C@H]1C1CCCCC1. The van der Waals surface area contributed by atoms with E-state index in [1.54, 1.807) is 12.1 Å². The van der Waals surface area contributed by atoms with E-state index in [1.165, 1.54) is 37.7 Å². The standard InChI is InChI=1S/C37H54FNO2/c1-7-30-34(41-26(5)6)22-21-32(38)35(30)37(9-3,10-4)31(8-2)36(40)39-24-23-29(27-17-13-11-14-18-27)25-33(39)28-19-15-12-16-20-28/h11,13-14,17-18,21-22,26,28-29,31,33H,7-10,12,15-16,19-20,23-25H2,1-6H3/t29-,31+,33+/m1/s1. The largest absolute Gasteiger partial charge is 0.491 e. The van der Waals surface area contributed by atoms with Gasteiger partial charge in [-0.05, 0) is 94.7 Å². The van der Waals surface area contributed by atoms with Crippen LogP contribution in [0.2, 0.25) is 0 Å². The summed E-state index contributed by atoms with van der Waals surface area (Å²) in [5.41, 5.74) is 2.47. The van der Waals surface area contributed by atoms with Crippen molar-refractivity contribution >= 4 is 5.91 Å². The van der Waals surface area contributed by atoms with Crippen molar-refractivity contribution in [1.82, 2.24) is 4.90 Å². The number of piperidine rings is 1. The van der Waals surface area contributed by atoms with Crippen molar-refractivity contribution in [3.63, 3.8) is 0 Å². The molecule has 3 atom stereocenters. The topological polar surface area (TPSA) is 29.5 Å². The van der Waals surface area contributed by atoms with Crippen LogP contribution in [0, 0.1) is 17.7 Å². The molecule has 0 radical (unpaired) electrons. The molecule has 4 heteroatoms. The van der Waals surface area contributed by atoms with E-state index in [-0.39, 0.29) is 29.8 Å². The summed E-state index contributed by atoms with van der Waals surface area (Å²) >= 11 is 0. The number of nitrogens with zero attached hydrogens (tertiary/aromatic N) is 1. The van der Waals surface area contributed by atoms with E-state index in [9.17, 15) is 4.79 Å². The van der Waals surface area contributed by atoms with E-state index in [4.69, 9.17) is 4.74 Å². The average Bonchev–Trinajstić information content (AvgIpc) is 3.01. The minimum Gasteiger partial charge on any atom is -0.491 e. The van der Waals surface area contributed by atoms with Crippen molar-refractivity contribution in [3.05, 3.63) is 65.0 Å². The highest BCUT2D eigenvalue weighted by atomic mass is 19.1. The number of ether oxygens (including phenoxy) is 1. The predicted molar refractivity (Wildman–Crippen MR) is 168 cm³/mol. The first kappa shape index (κ1) is 31.6. The minimum absolute atomic E-state index is 0.00188. The van der Waals surface area contributed by atoms with Crippen molar-refractivity contribution in [2.45, 2.75) is 136 Å². The van der Waals surface area contributed by atoms with Gasteiger partial charge in [-0.25, -0.2) is 4.39 Å². The fourth-order valence-corrected chi connectivity index (χ4v) is 8.39. The highest BCUT2D eigenvalue weighted by molar-refractivity contribution is 5.81. The van der Waals surface area contributed by atoms with Crippen LogP contribution in [-0.2, 0) is 16.6 Å². The van der Waals surface area contributed by atoms with Gasteiger partial charge in [0.15, 0.2) is 0 Å². The summed E-state index contributed by atoms with van der Waals surface area (Å²) in [7, 11) is 0. The maximum atomic E-state index is 16.1. The first-order valence-electron chi connectivity index (χ1n) is 16.6. The molecule has 1 amide bonds. The van der Waals surface area contributed by atoms with E-state index in [1.807, 2.05) is 13.8 Å². The minimum atomic E-state index is -0.578. The molecule has 3 nitrogen and oxygen atoms in total. The van der Waals surface area contributed by atoms with Crippen molar-refractivity contribution in [3.8, 4) is 5.75 Å². The van der Waals surface area contributed by atoms with Gasteiger partial charge in [0.05, 0.1) is 6.10 Å². The van der Waals surface area contributed by atoms with Crippen LogP contribution in [0.1, 0.15) is 128 Å². The summed E-state index contributed by atoms with van der Waals surface area (Å²) < 4.78 is 22.2. The number of amides is 1. The Morgan fingerprint density at radius 3 is 2.24 bits per heavy atom. The number of hydrogen-bond donors (Lipinski definition) is 0. The summed E-state index contributed by atoms with van der Waals surface area (Å²) in [5, 5.41) is 0. The van der Waals surface area contributed by atoms with Gasteiger partial charge < -0.3 is 9.64 Å². The first-order chi connectivity index (χ1) is 19.8. The highest BCUT2D eigenvalue weighted by Crippen LogP contribution is 2.48. The van der Waals surface area contributed by atoms with Gasteiger partial charge in [-0.1, -0.05) is 77.3 Å². The van der Waals surface area contributed by atoms with Gasteiger partial charge in [0, 0.05) is 35.0 Å². The van der Waals surface area contributed by atoms with Crippen LogP contribution >= 0.6 is 0 Å². The fourth-order valence-electron chi connectivity index (χ4n) is 8.39. The lowest BCUT2D eigenvalue weighted by Crippen LogP contribution is -2.55. The summed E-state index contributed by atoms with van der Waals surface area (Å²) in [6, 6.07) is 14.5. The number of benzene rings is 2. The third-order valence-electron chi connectivity index (χ3n) is 10.5. The van der Waals surface area contributed by atoms with Crippen LogP contribution < -0.4 is 4.74 Å². The molecule has 1 aliphatic carbocycles. The van der Waals surface area contributed by atoms with Crippen LogP contribution in [0.4, 0.5) is 4.39 Å². The molecule has 1 heterocycles. The van der Waals surface area contributed by atoms with Crippen molar-refractivity contribution < 1.29 is 13.9 Å². The van der Waals surface area contributed by atoms with Gasteiger partial charge >= 0.3 is 0 Å². The summed E-state index contributed by atoms with van der Waals surface area (Å²) in [6.45, 7) is 13.3. The number of carbonyl (C=O) groups excluding carboxylic acids is 1. The molecule has 1 saturated heterocycles. The Bertz CT molecular complexity index is 1120. The quantitative estimate of drug-likeness (QED) is 0.272. The maximum Gasteiger partial charge on any atom is 0.226 e. The lowest BCUT2D eigenvalue weighted by molar-refractivity contribution is -0.144. The summed E-state index contributed by atoms with van der Waals surface area (Å²) in [4.78, 5) is 17.2. The lowest BCUT2D eigenvalue weighted by atomic mass is 9.63. The van der Waals surface area contributed by atoms with Gasteiger partial charge in [0.25, 0.3) is 0 Å². The predicted octanol–water partition coefficient (Wildman–Crippen LogP) is 9.61. The Morgan fingerprint density at radius 2 is 1.66 bits per heavy atom. The third-order valence-corrected chi connectivity index (χ3v) is 10.5. The molecule has 4 rings (SSSR count). The van der Waals surface area contributed by atoms with E-state index in [2.05, 4.69) is 62.9 Å². The van der Waals surface area contributed by atoms with Gasteiger partial charge in [0.2, 0.25) is 5.91 Å². The summed E-state index contributed by atoms with van der Waals surface area (Å²) in [5.74, 6) is 1.58. The zero-order valence-electron chi connectivity index (χ0n) is 26.6. The Labute approximate surface area is 249 Å². The number of carbonyl (C=O) groups is 1. The molecule has 0 bridgehead atoms. The number of rotatable bonds is 11. The van der Waals surface area contributed by atoms with Crippen LogP contribution in [0.5, 0.6) is 5.75 Å². The van der Waals surface area contributed by atoms with Crippen molar-refractivity contribution in [2.24, 2.45) is 11.8 Å². The molecule has 41 heavy (non-hydrogen) atoms. The van der Waals surface area contributed by atoms with Crippen LogP contribution in [0.15, 0.2) is 42.5 Å². The Balaban J connectivity index is 1.74. The second-order valence-electron chi connectivity index (χ2n) is 12.9. The molecule has 2 aromatic carbocycles. The Hall–Kier alpha value is -2.36. The van der Waals surface area contributed by atoms with Crippen molar-refractivity contribution in [1.29, 1.82) is 0 Å². The van der Waals surface area contributed by atoms with Gasteiger partial charge in [-0.3, -0.25) is 4.79 Å². The summed E-state index contributed by atoms with van der Waals surface area (Å²) in [6.07, 6.45) is 11.1. The van der Waals surface area contributed by atoms with E-state index in [0.29, 0.717) is 24.7 Å². The monoisotopic (exact) mass is 563 g/mol. The third kappa shape index (κ3) is 6.52. The molecule has 0 unspecified atom stereocenters. The van der Waals surface area contributed by atoms with E-state index >= 15 is 4.39 Å². The molecule has 1 saturated carbocycles. The second kappa shape index (κ2) is 14.2. The molecule has 2 fully saturated rings. The van der Waals surface area contributed by atoms with E-state index < -0.39 is 5.41 Å². The molecule has 2 aliphatic rings. The van der Waals surface area contributed by atoms with E-state index in [0.717, 1.165) is 49.1 Å². The Morgan fingerprint density at radius 1 is 0.976 bits per heavy atom. The molecule has 226 valence electrons. The Kier molecular flexibility index (Phi) is 10.9. The smallest absolute Gasteiger partial charge is 0.226 e. The van der Waals surface area contributed by atoms with Gasteiger partial charge in [-0.2, -0.15) is 0 Å². The van der Waals surface area contributed by atoms with Crippen LogP contribution in [0.25, 0.3) is 0 Å². The zero-order valence-corrected chi connectivity index (χ0v) is 26.6. The van der Waals surface area contributed by atoms with Crippen LogP contribution in [-0.4, -0.2) is 29.5 Å². The number of halogens is 1. The zero-order chi connectivity index (χ0) is 29.6. The molecule has 0 spiro atoms. The van der Waals surface area contributed by atoms with Crippen molar-refractivity contribution in [2.75, 3.05) is 6.54 Å². The molecular weight excluding hydrogens is 509 g/mol. The first-order valence-corrected chi connectivity index (χ1v) is 16.6. The second-order valence-corrected chi connectivity index (χ2v) is 12.9. The van der Waals surface area contributed by atoms with Crippen LogP contribution in [0.3, 0.4) is 0 Å².